The second kappa shape index (κ2) is 4.57. The maximum Gasteiger partial charge on any atom is 0.141 e. The van der Waals surface area contributed by atoms with E-state index in [0.29, 0.717) is 11.7 Å². The molecule has 1 aromatic rings. The molecule has 96 valence electrons. The molecule has 0 saturated carbocycles. The molecule has 5 heteroatoms. The third-order valence-corrected chi connectivity index (χ3v) is 3.98. The molecule has 5 nitrogen and oxygen atoms in total. The molecule has 2 saturated heterocycles. The van der Waals surface area contributed by atoms with E-state index in [9.17, 15) is 0 Å². The van der Waals surface area contributed by atoms with Crippen molar-refractivity contribution in [3.63, 3.8) is 0 Å². The van der Waals surface area contributed by atoms with E-state index in [4.69, 9.17) is 11.1 Å². The Morgan fingerprint density at radius 3 is 2.94 bits per heavy atom. The summed E-state index contributed by atoms with van der Waals surface area (Å²) < 4.78 is 0. The fourth-order valence-electron chi connectivity index (χ4n) is 2.96. The molecule has 0 spiro atoms. The summed E-state index contributed by atoms with van der Waals surface area (Å²) in [4.78, 5) is 9.22. The fraction of sp³-hybridized carbons (Fsp3) is 0.538. The predicted octanol–water partition coefficient (Wildman–Crippen LogP) is 0.650. The quantitative estimate of drug-likeness (QED) is 0.593. The van der Waals surface area contributed by atoms with E-state index in [0.717, 1.165) is 25.3 Å². The number of piperazine rings is 1. The van der Waals surface area contributed by atoms with Crippen LogP contribution in [-0.2, 0) is 0 Å². The first-order valence-corrected chi connectivity index (χ1v) is 6.53. The minimum absolute atomic E-state index is 0.0298. The molecule has 0 radical (unpaired) electrons. The molecular formula is C13H19N5. The third kappa shape index (κ3) is 2.06. The van der Waals surface area contributed by atoms with E-state index < -0.39 is 0 Å². The number of anilines is 1. The molecule has 18 heavy (non-hydrogen) atoms. The average molecular weight is 245 g/mol. The highest BCUT2D eigenvalue weighted by atomic mass is 15.3. The van der Waals surface area contributed by atoms with Gasteiger partial charge in [0.15, 0.2) is 0 Å². The smallest absolute Gasteiger partial charge is 0.141 e. The maximum atomic E-state index is 7.34. The van der Waals surface area contributed by atoms with Crippen molar-refractivity contribution < 1.29 is 0 Å². The van der Waals surface area contributed by atoms with Gasteiger partial charge in [-0.15, -0.1) is 0 Å². The monoisotopic (exact) mass is 245 g/mol. The van der Waals surface area contributed by atoms with Crippen molar-refractivity contribution in [2.75, 3.05) is 31.1 Å². The van der Waals surface area contributed by atoms with Gasteiger partial charge in [0.05, 0.1) is 11.9 Å². The van der Waals surface area contributed by atoms with Crippen LogP contribution in [0.1, 0.15) is 18.5 Å². The summed E-state index contributed by atoms with van der Waals surface area (Å²) in [5, 5.41) is 7.34. The Hall–Kier alpha value is -1.62. The lowest BCUT2D eigenvalue weighted by Gasteiger charge is -2.38. The van der Waals surface area contributed by atoms with Crippen LogP contribution in [0.3, 0.4) is 0 Å². The molecule has 3 rings (SSSR count). The molecular weight excluding hydrogens is 226 g/mol. The second-order valence-electron chi connectivity index (χ2n) is 5.09. The molecule has 2 aliphatic rings. The molecule has 1 atom stereocenters. The summed E-state index contributed by atoms with van der Waals surface area (Å²) in [6, 6.07) is 4.57. The predicted molar refractivity (Wildman–Crippen MR) is 72.1 cm³/mol. The van der Waals surface area contributed by atoms with Gasteiger partial charge in [0.1, 0.15) is 11.5 Å². The molecule has 0 aromatic carbocycles. The van der Waals surface area contributed by atoms with E-state index >= 15 is 0 Å². The second-order valence-corrected chi connectivity index (χ2v) is 5.09. The summed E-state index contributed by atoms with van der Waals surface area (Å²) in [5.74, 6) is 0.0298. The van der Waals surface area contributed by atoms with Gasteiger partial charge in [0.25, 0.3) is 0 Å². The summed E-state index contributed by atoms with van der Waals surface area (Å²) in [6.07, 6.45) is 4.48. The molecule has 0 aliphatic carbocycles. The van der Waals surface area contributed by atoms with Gasteiger partial charge in [-0.3, -0.25) is 15.3 Å². The highest BCUT2D eigenvalue weighted by molar-refractivity contribution is 5.93. The Balaban J connectivity index is 1.73. The Morgan fingerprint density at radius 1 is 1.33 bits per heavy atom. The number of nitrogens with two attached hydrogens (primary N) is 1. The van der Waals surface area contributed by atoms with E-state index in [1.165, 1.54) is 19.4 Å². The summed E-state index contributed by atoms with van der Waals surface area (Å²) in [7, 11) is 0. The first kappa shape index (κ1) is 11.5. The van der Waals surface area contributed by atoms with Gasteiger partial charge >= 0.3 is 0 Å². The Labute approximate surface area is 107 Å². The lowest BCUT2D eigenvalue weighted by molar-refractivity contribution is 0.231. The maximum absolute atomic E-state index is 7.34. The van der Waals surface area contributed by atoms with Crippen molar-refractivity contribution in [2.24, 2.45) is 5.73 Å². The van der Waals surface area contributed by atoms with E-state index in [1.807, 2.05) is 18.3 Å². The third-order valence-electron chi connectivity index (χ3n) is 3.98. The van der Waals surface area contributed by atoms with Crippen LogP contribution in [0.25, 0.3) is 0 Å². The van der Waals surface area contributed by atoms with Gasteiger partial charge in [-0.25, -0.2) is 0 Å². The van der Waals surface area contributed by atoms with Crippen LogP contribution in [0.4, 0.5) is 5.69 Å². The van der Waals surface area contributed by atoms with Gasteiger partial charge in [0.2, 0.25) is 0 Å². The zero-order chi connectivity index (χ0) is 12.5. The fourth-order valence-corrected chi connectivity index (χ4v) is 2.96. The van der Waals surface area contributed by atoms with Crippen LogP contribution in [0.15, 0.2) is 18.3 Å². The lowest BCUT2D eigenvalue weighted by atomic mass is 10.1. The van der Waals surface area contributed by atoms with E-state index in [2.05, 4.69) is 14.8 Å². The molecule has 2 aliphatic heterocycles. The lowest BCUT2D eigenvalue weighted by Crippen LogP contribution is -2.50. The Bertz CT molecular complexity index is 441. The van der Waals surface area contributed by atoms with Crippen molar-refractivity contribution in [1.29, 1.82) is 5.41 Å². The minimum Gasteiger partial charge on any atom is -0.382 e. The van der Waals surface area contributed by atoms with Crippen molar-refractivity contribution in [1.82, 2.24) is 9.88 Å². The van der Waals surface area contributed by atoms with Crippen LogP contribution in [0.5, 0.6) is 0 Å². The first-order valence-electron chi connectivity index (χ1n) is 6.53. The van der Waals surface area contributed by atoms with Crippen LogP contribution >= 0.6 is 0 Å². The number of nitrogen functional groups attached to an aromatic ring is 1. The minimum atomic E-state index is 0.0298. The van der Waals surface area contributed by atoms with Gasteiger partial charge in [-0.2, -0.15) is 0 Å². The number of hydrogen-bond donors (Lipinski definition) is 2. The largest absolute Gasteiger partial charge is 0.382 e. The normalized spacial score (nSPS) is 24.0. The molecule has 1 unspecified atom stereocenters. The highest BCUT2D eigenvalue weighted by Crippen LogP contribution is 2.24. The number of fused-ring (bicyclic) bond motifs is 1. The number of amidine groups is 1. The van der Waals surface area contributed by atoms with Crippen LogP contribution in [-0.4, -0.2) is 47.9 Å². The van der Waals surface area contributed by atoms with E-state index in [-0.39, 0.29) is 5.84 Å². The molecule has 1 aromatic heterocycles. The number of nitrogens with one attached hydrogen (secondary N) is 1. The van der Waals surface area contributed by atoms with Crippen LogP contribution in [0.2, 0.25) is 0 Å². The summed E-state index contributed by atoms with van der Waals surface area (Å²) in [5.41, 5.74) is 7.11. The number of pyridine rings is 1. The number of aromatic nitrogens is 1. The molecule has 3 N–H and O–H groups in total. The van der Waals surface area contributed by atoms with Crippen molar-refractivity contribution in [3.8, 4) is 0 Å². The SMILES string of the molecule is N=C(N)c1ccc(N2CCN3CCCC3C2)cn1. The Kier molecular flexibility index (Phi) is 2.91. The number of nitrogens with zero attached hydrogens (tertiary/aromatic N) is 3. The van der Waals surface area contributed by atoms with Gasteiger partial charge < -0.3 is 10.6 Å². The molecule has 0 bridgehead atoms. The zero-order valence-electron chi connectivity index (χ0n) is 10.5. The zero-order valence-corrected chi connectivity index (χ0v) is 10.5. The van der Waals surface area contributed by atoms with Crippen LogP contribution in [0, 0.1) is 5.41 Å². The van der Waals surface area contributed by atoms with Crippen molar-refractivity contribution in [2.45, 2.75) is 18.9 Å². The molecule has 3 heterocycles. The molecule has 0 amide bonds. The Morgan fingerprint density at radius 2 is 2.22 bits per heavy atom. The molecule has 2 fully saturated rings. The first-order chi connectivity index (χ1) is 8.74. The van der Waals surface area contributed by atoms with Gasteiger partial charge in [-0.1, -0.05) is 0 Å². The van der Waals surface area contributed by atoms with Crippen molar-refractivity contribution in [3.05, 3.63) is 24.0 Å². The standard InChI is InChI=1S/C13H19N5/c14-13(15)12-4-3-10(8-16-12)18-7-6-17-5-1-2-11(17)9-18/h3-4,8,11H,1-2,5-7,9H2,(H3,14,15). The topological polar surface area (TPSA) is 69.2 Å². The summed E-state index contributed by atoms with van der Waals surface area (Å²) in [6.45, 7) is 4.58. The highest BCUT2D eigenvalue weighted by Gasteiger charge is 2.30. The van der Waals surface area contributed by atoms with Gasteiger partial charge in [-0.05, 0) is 31.5 Å². The van der Waals surface area contributed by atoms with E-state index in [1.54, 1.807) is 0 Å². The van der Waals surface area contributed by atoms with Gasteiger partial charge in [0, 0.05) is 25.7 Å². The number of hydrogen-bond acceptors (Lipinski definition) is 4. The van der Waals surface area contributed by atoms with Crippen LogP contribution < -0.4 is 10.6 Å². The average Bonchev–Trinajstić information content (AvgIpc) is 2.86. The number of rotatable bonds is 2. The van der Waals surface area contributed by atoms with Crippen molar-refractivity contribution >= 4 is 11.5 Å². The summed E-state index contributed by atoms with van der Waals surface area (Å²) >= 11 is 0.